The summed E-state index contributed by atoms with van der Waals surface area (Å²) < 4.78 is 44.8. The van der Waals surface area contributed by atoms with Crippen molar-refractivity contribution >= 4 is 29.0 Å². The fourth-order valence-electron chi connectivity index (χ4n) is 1.48. The molecule has 10 heteroatoms. The lowest BCUT2D eigenvalue weighted by Crippen LogP contribution is -2.16. The number of carbonyl (C=O) groups is 2. The van der Waals surface area contributed by atoms with E-state index in [0.717, 1.165) is 0 Å². The number of nitro benzene ring substituents is 1. The van der Waals surface area contributed by atoms with Crippen LogP contribution in [0, 0.1) is 27.6 Å². The molecule has 0 radical (unpaired) electrons. The first kappa shape index (κ1) is 16.9. The molecule has 0 aliphatic rings. The molecule has 21 heavy (non-hydrogen) atoms. The van der Waals surface area contributed by atoms with Gasteiger partial charge >= 0.3 is 11.7 Å². The minimum absolute atomic E-state index is 0.0881. The largest absolute Gasteiger partial charge is 0.466 e. The van der Waals surface area contributed by atoms with Crippen molar-refractivity contribution in [3.63, 3.8) is 0 Å². The number of ether oxygens (including phenoxy) is 1. The summed E-state index contributed by atoms with van der Waals surface area (Å²) >= 11 is 5.13. The lowest BCUT2D eigenvalue weighted by atomic mass is 10.0. The van der Waals surface area contributed by atoms with Crippen molar-refractivity contribution < 1.29 is 32.4 Å². The highest BCUT2D eigenvalue weighted by molar-refractivity contribution is 6.31. The second-order valence-electron chi connectivity index (χ2n) is 3.64. The van der Waals surface area contributed by atoms with Gasteiger partial charge in [-0.15, -0.1) is 0 Å². The topological polar surface area (TPSA) is 86.5 Å². The van der Waals surface area contributed by atoms with Gasteiger partial charge in [0.2, 0.25) is 5.82 Å². The summed E-state index contributed by atoms with van der Waals surface area (Å²) in [6.07, 6.45) is -1.08. The van der Waals surface area contributed by atoms with Crippen LogP contribution in [0.15, 0.2) is 0 Å². The maximum absolute atomic E-state index is 13.7. The van der Waals surface area contributed by atoms with E-state index < -0.39 is 56.8 Å². The quantitative estimate of drug-likeness (QED) is 0.158. The third-order valence-electron chi connectivity index (χ3n) is 2.31. The second-order valence-corrected chi connectivity index (χ2v) is 4.02. The molecule has 1 rings (SSSR count). The molecule has 1 aromatic carbocycles. The van der Waals surface area contributed by atoms with Crippen molar-refractivity contribution in [2.24, 2.45) is 0 Å². The number of rotatable bonds is 5. The molecule has 6 nitrogen and oxygen atoms in total. The number of Topliss-reactive ketones (excluding diaryl/α,β-unsaturated/α-hetero) is 1. The Labute approximate surface area is 120 Å². The van der Waals surface area contributed by atoms with Gasteiger partial charge < -0.3 is 4.74 Å². The molecular weight excluding hydrogens is 319 g/mol. The highest BCUT2D eigenvalue weighted by Crippen LogP contribution is 2.34. The van der Waals surface area contributed by atoms with E-state index in [-0.39, 0.29) is 6.61 Å². The third-order valence-corrected chi connectivity index (χ3v) is 2.65. The van der Waals surface area contributed by atoms with Crippen LogP contribution in [0.3, 0.4) is 0 Å². The zero-order chi connectivity index (χ0) is 16.3. The Bertz CT molecular complexity index is 635. The lowest BCUT2D eigenvalue weighted by Gasteiger charge is -2.07. The summed E-state index contributed by atoms with van der Waals surface area (Å²) in [6.45, 7) is 1.34. The van der Waals surface area contributed by atoms with Crippen molar-refractivity contribution in [2.75, 3.05) is 6.61 Å². The van der Waals surface area contributed by atoms with Gasteiger partial charge in [-0.25, -0.2) is 8.78 Å². The monoisotopic (exact) mass is 325 g/mol. The third kappa shape index (κ3) is 3.30. The minimum Gasteiger partial charge on any atom is -0.466 e. The molecule has 0 aliphatic heterocycles. The molecule has 0 heterocycles. The van der Waals surface area contributed by atoms with Crippen LogP contribution < -0.4 is 0 Å². The van der Waals surface area contributed by atoms with Gasteiger partial charge in [0.15, 0.2) is 17.4 Å². The molecule has 0 aromatic heterocycles. The average Bonchev–Trinajstić information content (AvgIpc) is 2.39. The minimum atomic E-state index is -2.08. The summed E-state index contributed by atoms with van der Waals surface area (Å²) in [5.74, 6) is -8.43. The fraction of sp³-hybridized carbons (Fsp3) is 0.273. The standard InChI is InChI=1S/C11H7ClF3NO5/c1-2-21-5(18)3-4(17)6-8(13)7(12)9(14)10(15)11(6)16(19)20/h2-3H2,1H3. The van der Waals surface area contributed by atoms with E-state index in [1.165, 1.54) is 6.92 Å². The van der Waals surface area contributed by atoms with Crippen molar-refractivity contribution in [1.29, 1.82) is 0 Å². The highest BCUT2D eigenvalue weighted by Gasteiger charge is 2.36. The second kappa shape index (κ2) is 6.53. The number of nitro groups is 1. The van der Waals surface area contributed by atoms with Crippen LogP contribution in [-0.4, -0.2) is 23.3 Å². The first-order chi connectivity index (χ1) is 9.72. The summed E-state index contributed by atoms with van der Waals surface area (Å²) in [7, 11) is 0. The molecule has 114 valence electrons. The van der Waals surface area contributed by atoms with Gasteiger partial charge in [0, 0.05) is 0 Å². The summed E-state index contributed by atoms with van der Waals surface area (Å²) in [5.41, 5.74) is -3.12. The predicted molar refractivity (Wildman–Crippen MR) is 63.6 cm³/mol. The van der Waals surface area contributed by atoms with E-state index in [1.54, 1.807) is 0 Å². The summed E-state index contributed by atoms with van der Waals surface area (Å²) in [4.78, 5) is 32.0. The van der Waals surface area contributed by atoms with Crippen molar-refractivity contribution in [2.45, 2.75) is 13.3 Å². The molecule has 0 N–H and O–H groups in total. The molecule has 0 saturated carbocycles. The molecule has 0 saturated heterocycles. The van der Waals surface area contributed by atoms with E-state index >= 15 is 0 Å². The highest BCUT2D eigenvalue weighted by atomic mass is 35.5. The number of carbonyl (C=O) groups excluding carboxylic acids is 2. The summed E-state index contributed by atoms with van der Waals surface area (Å²) in [5, 5.41) is 9.28. The van der Waals surface area contributed by atoms with Gasteiger partial charge in [0.25, 0.3) is 0 Å². The number of nitrogens with zero attached hydrogens (tertiary/aromatic N) is 1. The van der Waals surface area contributed by atoms with Crippen LogP contribution in [0.4, 0.5) is 18.9 Å². The lowest BCUT2D eigenvalue weighted by molar-refractivity contribution is -0.388. The van der Waals surface area contributed by atoms with E-state index in [9.17, 15) is 32.9 Å². The smallest absolute Gasteiger partial charge is 0.321 e. The Morgan fingerprint density at radius 1 is 1.24 bits per heavy atom. The molecule has 0 atom stereocenters. The Morgan fingerprint density at radius 3 is 2.29 bits per heavy atom. The average molecular weight is 326 g/mol. The zero-order valence-electron chi connectivity index (χ0n) is 10.4. The van der Waals surface area contributed by atoms with Crippen LogP contribution in [0.5, 0.6) is 0 Å². The number of hydrogen-bond donors (Lipinski definition) is 0. The normalized spacial score (nSPS) is 10.3. The Hall–Kier alpha value is -2.16. The van der Waals surface area contributed by atoms with Gasteiger partial charge in [-0.3, -0.25) is 19.7 Å². The number of hydrogen-bond acceptors (Lipinski definition) is 5. The number of ketones is 1. The van der Waals surface area contributed by atoms with Crippen molar-refractivity contribution in [3.05, 3.63) is 38.2 Å². The maximum Gasteiger partial charge on any atom is 0.321 e. The zero-order valence-corrected chi connectivity index (χ0v) is 11.2. The van der Waals surface area contributed by atoms with Gasteiger partial charge in [-0.05, 0) is 6.92 Å². The van der Waals surface area contributed by atoms with Gasteiger partial charge in [0.1, 0.15) is 17.0 Å². The van der Waals surface area contributed by atoms with E-state index in [0.29, 0.717) is 0 Å². The van der Waals surface area contributed by atoms with Crippen LogP contribution in [0.1, 0.15) is 23.7 Å². The molecule has 0 spiro atoms. The molecule has 0 amide bonds. The SMILES string of the molecule is CCOC(=O)CC(=O)c1c(F)c(Cl)c(F)c(F)c1[N+](=O)[O-]. The first-order valence-electron chi connectivity index (χ1n) is 5.41. The number of esters is 1. The Kier molecular flexibility index (Phi) is 5.25. The Balaban J connectivity index is 3.44. The van der Waals surface area contributed by atoms with E-state index in [4.69, 9.17) is 11.6 Å². The van der Waals surface area contributed by atoms with Gasteiger partial charge in [-0.2, -0.15) is 4.39 Å². The summed E-state index contributed by atoms with van der Waals surface area (Å²) in [6, 6.07) is 0. The van der Waals surface area contributed by atoms with Gasteiger partial charge in [0.05, 0.1) is 11.5 Å². The molecule has 0 unspecified atom stereocenters. The fourth-order valence-corrected chi connectivity index (χ4v) is 1.65. The predicted octanol–water partition coefficient (Wildman–Crippen LogP) is 2.80. The van der Waals surface area contributed by atoms with E-state index in [2.05, 4.69) is 4.74 Å². The van der Waals surface area contributed by atoms with Crippen LogP contribution in [0.25, 0.3) is 0 Å². The molecule has 0 fully saturated rings. The molecule has 1 aromatic rings. The Morgan fingerprint density at radius 2 is 1.81 bits per heavy atom. The molecular formula is C11H7ClF3NO5. The van der Waals surface area contributed by atoms with E-state index in [1.807, 2.05) is 0 Å². The number of halogens is 4. The van der Waals surface area contributed by atoms with Crippen molar-refractivity contribution in [1.82, 2.24) is 0 Å². The molecule has 0 aliphatic carbocycles. The van der Waals surface area contributed by atoms with Gasteiger partial charge in [-0.1, -0.05) is 11.6 Å². The maximum atomic E-state index is 13.7. The van der Waals surface area contributed by atoms with Crippen molar-refractivity contribution in [3.8, 4) is 0 Å². The number of benzene rings is 1. The van der Waals surface area contributed by atoms with Crippen LogP contribution in [-0.2, 0) is 9.53 Å². The first-order valence-corrected chi connectivity index (χ1v) is 5.79. The van der Waals surface area contributed by atoms with Crippen LogP contribution in [0.2, 0.25) is 5.02 Å². The molecule has 0 bridgehead atoms. The van der Waals surface area contributed by atoms with Crippen LogP contribution >= 0.6 is 11.6 Å².